The molecule has 0 aliphatic carbocycles. The number of ether oxygens (including phenoxy) is 1. The van der Waals surface area contributed by atoms with Gasteiger partial charge in [-0.15, -0.1) is 0 Å². The van der Waals surface area contributed by atoms with Crippen LogP contribution in [0.4, 0.5) is 5.69 Å². The van der Waals surface area contributed by atoms with Gasteiger partial charge in [0, 0.05) is 24.4 Å². The maximum absolute atomic E-state index is 10.6. The van der Waals surface area contributed by atoms with E-state index in [2.05, 4.69) is 4.98 Å². The molecule has 2 rings (SSSR count). The number of nitrogens with zero attached hydrogens (tertiary/aromatic N) is 3. The van der Waals surface area contributed by atoms with Gasteiger partial charge in [0.15, 0.2) is 0 Å². The molecule has 0 radical (unpaired) electrons. The van der Waals surface area contributed by atoms with Crippen molar-refractivity contribution < 1.29 is 9.66 Å². The van der Waals surface area contributed by atoms with Crippen LogP contribution in [0.15, 0.2) is 36.5 Å². The van der Waals surface area contributed by atoms with Crippen LogP contribution in [0.5, 0.6) is 11.6 Å². The van der Waals surface area contributed by atoms with E-state index in [9.17, 15) is 10.1 Å². The summed E-state index contributed by atoms with van der Waals surface area (Å²) in [6.07, 6.45) is 1.47. The van der Waals surface area contributed by atoms with Crippen LogP contribution in [-0.4, -0.2) is 9.91 Å². The highest BCUT2D eigenvalue weighted by molar-refractivity contribution is 5.44. The van der Waals surface area contributed by atoms with Gasteiger partial charge in [0.2, 0.25) is 5.88 Å². The first-order valence-corrected chi connectivity index (χ1v) is 5.39. The molecule has 2 aromatic rings. The van der Waals surface area contributed by atoms with Crippen molar-refractivity contribution in [3.05, 3.63) is 57.8 Å². The van der Waals surface area contributed by atoms with E-state index in [1.165, 1.54) is 30.5 Å². The van der Waals surface area contributed by atoms with Crippen LogP contribution in [0.25, 0.3) is 0 Å². The number of aryl methyl sites for hydroxylation is 1. The third kappa shape index (κ3) is 2.84. The van der Waals surface area contributed by atoms with E-state index < -0.39 is 4.92 Å². The van der Waals surface area contributed by atoms with Crippen LogP contribution in [0.3, 0.4) is 0 Å². The number of aromatic nitrogens is 1. The number of benzene rings is 1. The summed E-state index contributed by atoms with van der Waals surface area (Å²) in [6.45, 7) is 1.70. The van der Waals surface area contributed by atoms with E-state index in [0.717, 1.165) is 0 Å². The SMILES string of the molecule is Cc1cc([N+](=O)[O-])ccc1Oc1cc(C#N)ccn1. The first kappa shape index (κ1) is 12.5. The summed E-state index contributed by atoms with van der Waals surface area (Å²) in [7, 11) is 0. The van der Waals surface area contributed by atoms with Gasteiger partial charge >= 0.3 is 0 Å². The van der Waals surface area contributed by atoms with Crippen LogP contribution < -0.4 is 4.74 Å². The molecule has 0 fully saturated rings. The number of non-ortho nitro benzene ring substituents is 1. The minimum Gasteiger partial charge on any atom is -0.439 e. The maximum atomic E-state index is 10.6. The number of nitro benzene ring substituents is 1. The Morgan fingerprint density at radius 3 is 2.79 bits per heavy atom. The largest absolute Gasteiger partial charge is 0.439 e. The van der Waals surface area contributed by atoms with Gasteiger partial charge < -0.3 is 4.74 Å². The fourth-order valence-corrected chi connectivity index (χ4v) is 1.51. The molecule has 1 aromatic carbocycles. The fraction of sp³-hybridized carbons (Fsp3) is 0.0769. The van der Waals surface area contributed by atoms with E-state index in [1.54, 1.807) is 13.0 Å². The van der Waals surface area contributed by atoms with Crippen molar-refractivity contribution in [2.75, 3.05) is 0 Å². The smallest absolute Gasteiger partial charge is 0.269 e. The van der Waals surface area contributed by atoms with E-state index in [-0.39, 0.29) is 11.6 Å². The average molecular weight is 255 g/mol. The summed E-state index contributed by atoms with van der Waals surface area (Å²) in [5.74, 6) is 0.740. The normalized spacial score (nSPS) is 9.68. The molecule has 0 N–H and O–H groups in total. The topological polar surface area (TPSA) is 89.0 Å². The third-order valence-corrected chi connectivity index (χ3v) is 2.45. The van der Waals surface area contributed by atoms with Crippen molar-refractivity contribution in [1.82, 2.24) is 4.98 Å². The van der Waals surface area contributed by atoms with Gasteiger partial charge in [-0.1, -0.05) is 0 Å². The van der Waals surface area contributed by atoms with Gasteiger partial charge in [-0.05, 0) is 24.6 Å². The van der Waals surface area contributed by atoms with Gasteiger partial charge in [0.25, 0.3) is 5.69 Å². The molecule has 6 nitrogen and oxygen atoms in total. The van der Waals surface area contributed by atoms with Crippen LogP contribution in [0, 0.1) is 28.4 Å². The lowest BCUT2D eigenvalue weighted by Gasteiger charge is -2.07. The monoisotopic (exact) mass is 255 g/mol. The molecule has 0 amide bonds. The minimum absolute atomic E-state index is 0.00332. The highest BCUT2D eigenvalue weighted by atomic mass is 16.6. The Bertz CT molecular complexity index is 677. The molecule has 0 aliphatic rings. The van der Waals surface area contributed by atoms with E-state index in [0.29, 0.717) is 16.9 Å². The fourth-order valence-electron chi connectivity index (χ4n) is 1.51. The summed E-state index contributed by atoms with van der Waals surface area (Å²) < 4.78 is 5.50. The quantitative estimate of drug-likeness (QED) is 0.621. The Labute approximate surface area is 109 Å². The van der Waals surface area contributed by atoms with E-state index in [4.69, 9.17) is 10.00 Å². The Hall–Kier alpha value is -2.94. The Kier molecular flexibility index (Phi) is 3.39. The summed E-state index contributed by atoms with van der Waals surface area (Å²) >= 11 is 0. The highest BCUT2D eigenvalue weighted by Crippen LogP contribution is 2.27. The Morgan fingerprint density at radius 1 is 1.37 bits per heavy atom. The molecular formula is C13H9N3O3. The molecule has 1 heterocycles. The number of hydrogen-bond donors (Lipinski definition) is 0. The van der Waals surface area contributed by atoms with E-state index >= 15 is 0 Å². The first-order chi connectivity index (χ1) is 9.10. The molecule has 0 saturated heterocycles. The molecule has 0 bridgehead atoms. The number of nitro groups is 1. The summed E-state index contributed by atoms with van der Waals surface area (Å²) in [5, 5.41) is 19.4. The van der Waals surface area contributed by atoms with Gasteiger partial charge in [0.1, 0.15) is 5.75 Å². The predicted octanol–water partition coefficient (Wildman–Crippen LogP) is 2.96. The molecule has 94 valence electrons. The minimum atomic E-state index is -0.467. The zero-order valence-corrected chi connectivity index (χ0v) is 10.0. The lowest BCUT2D eigenvalue weighted by molar-refractivity contribution is -0.384. The molecule has 19 heavy (non-hydrogen) atoms. The third-order valence-electron chi connectivity index (χ3n) is 2.45. The average Bonchev–Trinajstić information content (AvgIpc) is 2.41. The second-order valence-electron chi connectivity index (χ2n) is 3.80. The Balaban J connectivity index is 2.28. The van der Waals surface area contributed by atoms with Crippen LogP contribution in [0.1, 0.15) is 11.1 Å². The van der Waals surface area contributed by atoms with Crippen molar-refractivity contribution in [3.63, 3.8) is 0 Å². The number of pyridine rings is 1. The molecule has 0 spiro atoms. The molecular weight excluding hydrogens is 246 g/mol. The summed E-state index contributed by atoms with van der Waals surface area (Å²) in [6, 6.07) is 9.33. The molecule has 0 atom stereocenters. The second kappa shape index (κ2) is 5.14. The Morgan fingerprint density at radius 2 is 2.16 bits per heavy atom. The summed E-state index contributed by atoms with van der Waals surface area (Å²) in [4.78, 5) is 14.1. The van der Waals surface area contributed by atoms with Crippen molar-refractivity contribution in [2.45, 2.75) is 6.92 Å². The maximum Gasteiger partial charge on any atom is 0.269 e. The van der Waals surface area contributed by atoms with Crippen molar-refractivity contribution in [1.29, 1.82) is 5.26 Å². The lowest BCUT2D eigenvalue weighted by atomic mass is 10.2. The van der Waals surface area contributed by atoms with Crippen LogP contribution >= 0.6 is 0 Å². The first-order valence-electron chi connectivity index (χ1n) is 5.39. The number of rotatable bonds is 3. The van der Waals surface area contributed by atoms with Crippen LogP contribution in [0.2, 0.25) is 0 Å². The van der Waals surface area contributed by atoms with Gasteiger partial charge in [-0.2, -0.15) is 5.26 Å². The standard InChI is InChI=1S/C13H9N3O3/c1-9-6-11(16(17)18)2-3-12(9)19-13-7-10(8-14)4-5-15-13/h2-7H,1H3. The summed E-state index contributed by atoms with van der Waals surface area (Å²) in [5.41, 5.74) is 1.06. The van der Waals surface area contributed by atoms with E-state index in [1.807, 2.05) is 6.07 Å². The molecule has 0 saturated carbocycles. The van der Waals surface area contributed by atoms with Crippen molar-refractivity contribution >= 4 is 5.69 Å². The highest BCUT2D eigenvalue weighted by Gasteiger charge is 2.10. The predicted molar refractivity (Wildman–Crippen MR) is 66.9 cm³/mol. The molecule has 6 heteroatoms. The van der Waals surface area contributed by atoms with Gasteiger partial charge in [-0.25, -0.2) is 4.98 Å². The van der Waals surface area contributed by atoms with Crippen LogP contribution in [-0.2, 0) is 0 Å². The molecule has 1 aromatic heterocycles. The zero-order chi connectivity index (χ0) is 13.8. The number of hydrogen-bond acceptors (Lipinski definition) is 5. The molecule has 0 unspecified atom stereocenters. The second-order valence-corrected chi connectivity index (χ2v) is 3.80. The lowest BCUT2D eigenvalue weighted by Crippen LogP contribution is -1.93. The van der Waals surface area contributed by atoms with Crippen molar-refractivity contribution in [2.24, 2.45) is 0 Å². The molecule has 0 aliphatic heterocycles. The number of nitriles is 1. The zero-order valence-electron chi connectivity index (χ0n) is 10.0. The van der Waals surface area contributed by atoms with Gasteiger partial charge in [-0.3, -0.25) is 10.1 Å². The van der Waals surface area contributed by atoms with Crippen molar-refractivity contribution in [3.8, 4) is 17.7 Å². The van der Waals surface area contributed by atoms with Gasteiger partial charge in [0.05, 0.1) is 16.6 Å².